The van der Waals surface area contributed by atoms with Crippen LogP contribution in [0.5, 0.6) is 5.75 Å². The van der Waals surface area contributed by atoms with Crippen molar-refractivity contribution in [1.82, 2.24) is 15.5 Å². The van der Waals surface area contributed by atoms with Crippen LogP contribution in [-0.2, 0) is 0 Å². The minimum Gasteiger partial charge on any atom is -0.497 e. The monoisotopic (exact) mass is 369 g/mol. The fourth-order valence-electron chi connectivity index (χ4n) is 2.99. The lowest BCUT2D eigenvalue weighted by atomic mass is 10.2. The second-order valence-electron chi connectivity index (χ2n) is 7.05. The summed E-state index contributed by atoms with van der Waals surface area (Å²) in [7, 11) is 1.67. The molecule has 1 aliphatic heterocycles. The largest absolute Gasteiger partial charge is 0.497 e. The number of aromatic nitrogens is 2. The third kappa shape index (κ3) is 4.87. The van der Waals surface area contributed by atoms with Gasteiger partial charge in [0.15, 0.2) is 11.5 Å². The predicted octanol–water partition coefficient (Wildman–Crippen LogP) is 2.20. The highest BCUT2D eigenvalue weighted by Crippen LogP contribution is 2.21. The number of hydrogen-bond acceptors (Lipinski definition) is 6. The molecule has 27 heavy (non-hydrogen) atoms. The summed E-state index contributed by atoms with van der Waals surface area (Å²) in [5, 5.41) is 11.2. The molecule has 0 aliphatic carbocycles. The second kappa shape index (κ2) is 8.70. The summed E-state index contributed by atoms with van der Waals surface area (Å²) >= 11 is 0. The number of benzene rings is 1. The van der Waals surface area contributed by atoms with Gasteiger partial charge in [0, 0.05) is 38.4 Å². The van der Waals surface area contributed by atoms with Crippen molar-refractivity contribution in [2.24, 2.45) is 5.92 Å². The second-order valence-corrected chi connectivity index (χ2v) is 7.05. The highest BCUT2D eigenvalue weighted by molar-refractivity contribution is 5.92. The maximum atomic E-state index is 12.0. The molecule has 1 aromatic carbocycles. The molecule has 1 aliphatic rings. The number of nitrogens with zero attached hydrogens (tertiary/aromatic N) is 4. The molecule has 1 aromatic heterocycles. The van der Waals surface area contributed by atoms with Crippen molar-refractivity contribution in [2.45, 2.75) is 13.8 Å². The number of carbonyl (C=O) groups excluding carboxylic acids is 1. The Bertz CT molecular complexity index is 738. The van der Waals surface area contributed by atoms with E-state index in [4.69, 9.17) is 4.74 Å². The molecule has 0 saturated carbocycles. The number of piperazine rings is 1. The van der Waals surface area contributed by atoms with E-state index < -0.39 is 0 Å². The van der Waals surface area contributed by atoms with Gasteiger partial charge in [0.05, 0.1) is 7.11 Å². The molecule has 144 valence electrons. The van der Waals surface area contributed by atoms with Crippen LogP contribution in [0.15, 0.2) is 36.4 Å². The number of carbonyl (C=O) groups is 1. The van der Waals surface area contributed by atoms with Crippen LogP contribution in [0, 0.1) is 5.92 Å². The smallest absolute Gasteiger partial charge is 0.271 e. The van der Waals surface area contributed by atoms with Crippen molar-refractivity contribution in [3.05, 3.63) is 42.1 Å². The molecule has 1 amide bonds. The van der Waals surface area contributed by atoms with E-state index in [1.807, 2.05) is 18.2 Å². The molecule has 7 heteroatoms. The van der Waals surface area contributed by atoms with Crippen LogP contribution in [0.4, 0.5) is 11.5 Å². The predicted molar refractivity (Wildman–Crippen MR) is 107 cm³/mol. The number of anilines is 2. The molecule has 0 unspecified atom stereocenters. The Morgan fingerprint density at radius 3 is 2.26 bits per heavy atom. The fourth-order valence-corrected chi connectivity index (χ4v) is 2.99. The van der Waals surface area contributed by atoms with Gasteiger partial charge in [-0.25, -0.2) is 0 Å². The first kappa shape index (κ1) is 18.9. The zero-order valence-corrected chi connectivity index (χ0v) is 16.2. The van der Waals surface area contributed by atoms with Gasteiger partial charge in [-0.3, -0.25) is 4.79 Å². The number of amides is 1. The first-order chi connectivity index (χ1) is 13.1. The number of rotatable bonds is 6. The van der Waals surface area contributed by atoms with Crippen LogP contribution >= 0.6 is 0 Å². The standard InChI is InChI=1S/C20H27N5O2/c1-15(2)14-21-20(26)18-8-9-19(23-22-18)25-12-10-24(11-13-25)16-4-6-17(27-3)7-5-16/h4-9,15H,10-14H2,1-3H3,(H,21,26). The Hall–Kier alpha value is -2.83. The van der Waals surface area contributed by atoms with Crippen LogP contribution in [0.2, 0.25) is 0 Å². The fraction of sp³-hybridized carbons (Fsp3) is 0.450. The molecule has 0 atom stereocenters. The van der Waals surface area contributed by atoms with E-state index in [1.54, 1.807) is 13.2 Å². The molecule has 1 saturated heterocycles. The molecular weight excluding hydrogens is 342 g/mol. The maximum absolute atomic E-state index is 12.0. The summed E-state index contributed by atoms with van der Waals surface area (Å²) < 4.78 is 5.21. The molecule has 2 heterocycles. The summed E-state index contributed by atoms with van der Waals surface area (Å²) in [5.41, 5.74) is 1.55. The molecule has 0 spiro atoms. The van der Waals surface area contributed by atoms with Crippen molar-refractivity contribution in [2.75, 3.05) is 49.6 Å². The Kier molecular flexibility index (Phi) is 6.11. The normalized spacial score (nSPS) is 14.4. The van der Waals surface area contributed by atoms with Gasteiger partial charge in [0.25, 0.3) is 5.91 Å². The number of nitrogens with one attached hydrogen (secondary N) is 1. The van der Waals surface area contributed by atoms with Gasteiger partial charge in [-0.1, -0.05) is 13.8 Å². The molecule has 1 fully saturated rings. The minimum absolute atomic E-state index is 0.174. The molecular formula is C20H27N5O2. The maximum Gasteiger partial charge on any atom is 0.271 e. The Balaban J connectivity index is 1.55. The van der Waals surface area contributed by atoms with Crippen molar-refractivity contribution >= 4 is 17.4 Å². The number of ether oxygens (including phenoxy) is 1. The van der Waals surface area contributed by atoms with E-state index in [0.29, 0.717) is 18.2 Å². The van der Waals surface area contributed by atoms with E-state index in [-0.39, 0.29) is 5.91 Å². The molecule has 2 aromatic rings. The van der Waals surface area contributed by atoms with E-state index in [2.05, 4.69) is 51.3 Å². The zero-order chi connectivity index (χ0) is 19.2. The van der Waals surface area contributed by atoms with Crippen molar-refractivity contribution in [1.29, 1.82) is 0 Å². The van der Waals surface area contributed by atoms with Gasteiger partial charge in [0.1, 0.15) is 5.75 Å². The van der Waals surface area contributed by atoms with Crippen LogP contribution in [0.3, 0.4) is 0 Å². The van der Waals surface area contributed by atoms with Crippen molar-refractivity contribution < 1.29 is 9.53 Å². The van der Waals surface area contributed by atoms with Gasteiger partial charge in [-0.15, -0.1) is 10.2 Å². The average Bonchev–Trinajstić information content (AvgIpc) is 2.72. The quantitative estimate of drug-likeness (QED) is 0.842. The Morgan fingerprint density at radius 2 is 1.70 bits per heavy atom. The van der Waals surface area contributed by atoms with Crippen LogP contribution in [-0.4, -0.2) is 55.9 Å². The highest BCUT2D eigenvalue weighted by atomic mass is 16.5. The summed E-state index contributed by atoms with van der Waals surface area (Å²) in [6.45, 7) is 8.28. The van der Waals surface area contributed by atoms with Gasteiger partial charge in [-0.05, 0) is 42.3 Å². The van der Waals surface area contributed by atoms with E-state index in [0.717, 1.165) is 37.7 Å². The van der Waals surface area contributed by atoms with Crippen molar-refractivity contribution in [3.63, 3.8) is 0 Å². The van der Waals surface area contributed by atoms with E-state index >= 15 is 0 Å². The minimum atomic E-state index is -0.174. The molecule has 3 rings (SSSR count). The lowest BCUT2D eigenvalue weighted by Gasteiger charge is -2.36. The third-order valence-electron chi connectivity index (χ3n) is 4.60. The van der Waals surface area contributed by atoms with Gasteiger partial charge in [0.2, 0.25) is 0 Å². The van der Waals surface area contributed by atoms with E-state index in [1.165, 1.54) is 5.69 Å². The van der Waals surface area contributed by atoms with Gasteiger partial charge < -0.3 is 19.9 Å². The average molecular weight is 369 g/mol. The number of hydrogen-bond donors (Lipinski definition) is 1. The van der Waals surface area contributed by atoms with Gasteiger partial charge in [-0.2, -0.15) is 0 Å². The summed E-state index contributed by atoms with van der Waals surface area (Å²) in [5.74, 6) is 1.91. The number of methoxy groups -OCH3 is 1. The van der Waals surface area contributed by atoms with E-state index in [9.17, 15) is 4.79 Å². The molecule has 1 N–H and O–H groups in total. The lowest BCUT2D eigenvalue weighted by Crippen LogP contribution is -2.47. The lowest BCUT2D eigenvalue weighted by molar-refractivity contribution is 0.0943. The van der Waals surface area contributed by atoms with Crippen LogP contribution in [0.1, 0.15) is 24.3 Å². The first-order valence-corrected chi connectivity index (χ1v) is 9.32. The van der Waals surface area contributed by atoms with Crippen LogP contribution < -0.4 is 19.9 Å². The Morgan fingerprint density at radius 1 is 1.04 bits per heavy atom. The molecule has 7 nitrogen and oxygen atoms in total. The molecule has 0 radical (unpaired) electrons. The summed E-state index contributed by atoms with van der Waals surface area (Å²) in [6, 6.07) is 11.7. The topological polar surface area (TPSA) is 70.6 Å². The SMILES string of the molecule is COc1ccc(N2CCN(c3ccc(C(=O)NCC(C)C)nn3)CC2)cc1. The Labute approximate surface area is 160 Å². The van der Waals surface area contributed by atoms with Crippen molar-refractivity contribution in [3.8, 4) is 5.75 Å². The summed E-state index contributed by atoms with van der Waals surface area (Å²) in [6.07, 6.45) is 0. The third-order valence-corrected chi connectivity index (χ3v) is 4.60. The first-order valence-electron chi connectivity index (χ1n) is 9.32. The van der Waals surface area contributed by atoms with Crippen LogP contribution in [0.25, 0.3) is 0 Å². The molecule has 0 bridgehead atoms. The highest BCUT2D eigenvalue weighted by Gasteiger charge is 2.19. The zero-order valence-electron chi connectivity index (χ0n) is 16.2. The van der Waals surface area contributed by atoms with Gasteiger partial charge >= 0.3 is 0 Å². The summed E-state index contributed by atoms with van der Waals surface area (Å²) in [4.78, 5) is 16.6.